The smallest absolute Gasteiger partial charge is 0.306 e. The first-order chi connectivity index (χ1) is 31.4. The van der Waals surface area contributed by atoms with Crippen LogP contribution in [0.2, 0.25) is 0 Å². The van der Waals surface area contributed by atoms with Gasteiger partial charge in [-0.2, -0.15) is 0 Å². The Hall–Kier alpha value is -1.59. The Labute approximate surface area is 399 Å². The average Bonchev–Trinajstić information content (AvgIpc) is 3.28. The van der Waals surface area contributed by atoms with Crippen molar-refractivity contribution in [2.24, 2.45) is 5.92 Å². The van der Waals surface area contributed by atoms with Gasteiger partial charge in [0, 0.05) is 19.3 Å². The van der Waals surface area contributed by atoms with Crippen molar-refractivity contribution in [1.82, 2.24) is 0 Å². The fourth-order valence-corrected chi connectivity index (χ4v) is 8.92. The monoisotopic (exact) mass is 905 g/mol. The molecule has 0 fully saturated rings. The molecule has 0 aliphatic heterocycles. The number of carbonyl (C=O) groups is 3. The summed E-state index contributed by atoms with van der Waals surface area (Å²) in [6.07, 6.45) is 56.7. The summed E-state index contributed by atoms with van der Waals surface area (Å²) in [6.45, 7) is 9.04. The molecule has 0 aliphatic carbocycles. The molecule has 6 nitrogen and oxygen atoms in total. The molecule has 0 aromatic rings. The van der Waals surface area contributed by atoms with Crippen molar-refractivity contribution in [2.75, 3.05) is 13.2 Å². The van der Waals surface area contributed by atoms with Crippen LogP contribution in [0.1, 0.15) is 329 Å². The van der Waals surface area contributed by atoms with E-state index < -0.39 is 6.10 Å². The van der Waals surface area contributed by atoms with E-state index in [1.165, 1.54) is 225 Å². The standard InChI is InChI=1S/C58H112O6/c1-5-7-9-11-13-15-17-19-21-22-23-24-25-27-29-35-39-43-47-51-58(61)64-55(53-63-57(60)50-46-42-38-34-31-30-32-36-40-44-48-54(3)4)52-62-56(59)49-45-41-37-33-28-26-20-18-16-14-12-10-8-6-2/h54-55H,5-53H2,1-4H3/t55-/m1/s1. The number of carbonyl (C=O) groups excluding carboxylic acids is 3. The number of rotatable bonds is 53. The maximum absolute atomic E-state index is 12.9. The quantitative estimate of drug-likeness (QED) is 0.0344. The molecule has 380 valence electrons. The van der Waals surface area contributed by atoms with Gasteiger partial charge in [-0.25, -0.2) is 0 Å². The van der Waals surface area contributed by atoms with Crippen LogP contribution in [0.15, 0.2) is 0 Å². The van der Waals surface area contributed by atoms with E-state index in [0.29, 0.717) is 19.3 Å². The van der Waals surface area contributed by atoms with Gasteiger partial charge in [-0.3, -0.25) is 14.4 Å². The molecule has 0 aromatic carbocycles. The fourth-order valence-electron chi connectivity index (χ4n) is 8.92. The summed E-state index contributed by atoms with van der Waals surface area (Å²) in [5.41, 5.74) is 0. The van der Waals surface area contributed by atoms with E-state index in [0.717, 1.165) is 63.7 Å². The normalized spacial score (nSPS) is 12.0. The molecule has 0 saturated carbocycles. The van der Waals surface area contributed by atoms with Crippen LogP contribution in [-0.4, -0.2) is 37.2 Å². The Morgan fingerprint density at radius 2 is 0.516 bits per heavy atom. The molecule has 0 spiro atoms. The highest BCUT2D eigenvalue weighted by Gasteiger charge is 2.19. The lowest BCUT2D eigenvalue weighted by atomic mass is 10.0. The SMILES string of the molecule is CCCCCCCCCCCCCCCCCCCCCC(=O)O[C@H](COC(=O)CCCCCCCCCCCCCCCC)COC(=O)CCCCCCCCCCCCC(C)C. The van der Waals surface area contributed by atoms with Crippen molar-refractivity contribution in [3.05, 3.63) is 0 Å². The van der Waals surface area contributed by atoms with Gasteiger partial charge >= 0.3 is 17.9 Å². The predicted molar refractivity (Wildman–Crippen MR) is 275 cm³/mol. The number of hydrogen-bond donors (Lipinski definition) is 0. The summed E-state index contributed by atoms with van der Waals surface area (Å²) in [7, 11) is 0. The van der Waals surface area contributed by atoms with Gasteiger partial charge in [-0.05, 0) is 25.2 Å². The second kappa shape index (κ2) is 52.4. The third-order valence-corrected chi connectivity index (χ3v) is 13.3. The number of unbranched alkanes of at least 4 members (excludes halogenated alkanes) is 40. The molecule has 0 unspecified atom stereocenters. The molecule has 0 heterocycles. The minimum atomic E-state index is -0.762. The molecule has 0 bridgehead atoms. The van der Waals surface area contributed by atoms with Crippen LogP contribution in [0.25, 0.3) is 0 Å². The van der Waals surface area contributed by atoms with Crippen LogP contribution in [0.3, 0.4) is 0 Å². The van der Waals surface area contributed by atoms with Crippen molar-refractivity contribution in [3.63, 3.8) is 0 Å². The summed E-state index contributed by atoms with van der Waals surface area (Å²) >= 11 is 0. The van der Waals surface area contributed by atoms with Gasteiger partial charge in [0.25, 0.3) is 0 Å². The van der Waals surface area contributed by atoms with Crippen LogP contribution in [0.5, 0.6) is 0 Å². The van der Waals surface area contributed by atoms with E-state index in [1.807, 2.05) is 0 Å². The van der Waals surface area contributed by atoms with Gasteiger partial charge in [0.05, 0.1) is 0 Å². The molecular weight excluding hydrogens is 793 g/mol. The molecule has 0 aromatic heterocycles. The zero-order valence-corrected chi connectivity index (χ0v) is 43.8. The highest BCUT2D eigenvalue weighted by molar-refractivity contribution is 5.71. The third kappa shape index (κ3) is 51.4. The summed E-state index contributed by atoms with van der Waals surface area (Å²) < 4.78 is 16.9. The molecule has 0 N–H and O–H groups in total. The van der Waals surface area contributed by atoms with Crippen LogP contribution in [0, 0.1) is 5.92 Å². The summed E-state index contributed by atoms with van der Waals surface area (Å²) in [5, 5.41) is 0. The highest BCUT2D eigenvalue weighted by Crippen LogP contribution is 2.18. The fraction of sp³-hybridized carbons (Fsp3) is 0.948. The summed E-state index contributed by atoms with van der Waals surface area (Å²) in [5.74, 6) is -0.0183. The molecule has 0 aliphatic rings. The third-order valence-electron chi connectivity index (χ3n) is 13.3. The first-order valence-electron chi connectivity index (χ1n) is 28.9. The molecule has 1 atom stereocenters. The number of ether oxygens (including phenoxy) is 3. The molecular formula is C58H112O6. The lowest BCUT2D eigenvalue weighted by Crippen LogP contribution is -2.30. The molecule has 64 heavy (non-hydrogen) atoms. The van der Waals surface area contributed by atoms with Crippen LogP contribution in [-0.2, 0) is 28.6 Å². The minimum absolute atomic E-state index is 0.0621. The molecule has 6 heteroatoms. The van der Waals surface area contributed by atoms with E-state index in [9.17, 15) is 14.4 Å². The van der Waals surface area contributed by atoms with Crippen molar-refractivity contribution in [2.45, 2.75) is 336 Å². The molecule has 0 radical (unpaired) electrons. The van der Waals surface area contributed by atoms with Gasteiger partial charge < -0.3 is 14.2 Å². The number of esters is 3. The van der Waals surface area contributed by atoms with E-state index >= 15 is 0 Å². The second-order valence-corrected chi connectivity index (χ2v) is 20.4. The maximum Gasteiger partial charge on any atom is 0.306 e. The lowest BCUT2D eigenvalue weighted by Gasteiger charge is -2.18. The van der Waals surface area contributed by atoms with Gasteiger partial charge in [-0.15, -0.1) is 0 Å². The first-order valence-corrected chi connectivity index (χ1v) is 28.9. The second-order valence-electron chi connectivity index (χ2n) is 20.4. The van der Waals surface area contributed by atoms with Crippen LogP contribution < -0.4 is 0 Å². The Morgan fingerprint density at radius 3 is 0.766 bits per heavy atom. The van der Waals surface area contributed by atoms with Crippen LogP contribution >= 0.6 is 0 Å². The summed E-state index contributed by atoms with van der Waals surface area (Å²) in [6, 6.07) is 0. The Bertz CT molecular complexity index is 964. The zero-order valence-electron chi connectivity index (χ0n) is 43.8. The first kappa shape index (κ1) is 62.4. The topological polar surface area (TPSA) is 78.9 Å². The minimum Gasteiger partial charge on any atom is -0.462 e. The van der Waals surface area contributed by atoms with E-state index in [2.05, 4.69) is 27.7 Å². The largest absolute Gasteiger partial charge is 0.462 e. The highest BCUT2D eigenvalue weighted by atomic mass is 16.6. The predicted octanol–water partition coefficient (Wildman–Crippen LogP) is 19.0. The Kier molecular flexibility index (Phi) is 51.1. The van der Waals surface area contributed by atoms with Crippen LogP contribution in [0.4, 0.5) is 0 Å². The molecule has 0 rings (SSSR count). The van der Waals surface area contributed by atoms with Crippen molar-refractivity contribution in [3.8, 4) is 0 Å². The van der Waals surface area contributed by atoms with Gasteiger partial charge in [0.1, 0.15) is 13.2 Å². The molecule has 0 saturated heterocycles. The summed E-state index contributed by atoms with van der Waals surface area (Å²) in [4.78, 5) is 38.1. The zero-order chi connectivity index (χ0) is 46.7. The van der Waals surface area contributed by atoms with E-state index in [-0.39, 0.29) is 31.1 Å². The van der Waals surface area contributed by atoms with Crippen molar-refractivity contribution in [1.29, 1.82) is 0 Å². The van der Waals surface area contributed by atoms with Crippen molar-refractivity contribution >= 4 is 17.9 Å². The number of hydrogen-bond acceptors (Lipinski definition) is 6. The van der Waals surface area contributed by atoms with Crippen molar-refractivity contribution < 1.29 is 28.6 Å². The van der Waals surface area contributed by atoms with Gasteiger partial charge in [0.15, 0.2) is 6.10 Å². The average molecular weight is 906 g/mol. The van der Waals surface area contributed by atoms with Gasteiger partial charge in [0.2, 0.25) is 0 Å². The Morgan fingerprint density at radius 1 is 0.297 bits per heavy atom. The molecule has 0 amide bonds. The lowest BCUT2D eigenvalue weighted by molar-refractivity contribution is -0.167. The van der Waals surface area contributed by atoms with E-state index in [1.54, 1.807) is 0 Å². The van der Waals surface area contributed by atoms with E-state index in [4.69, 9.17) is 14.2 Å². The Balaban J connectivity index is 4.28. The van der Waals surface area contributed by atoms with Gasteiger partial charge in [-0.1, -0.05) is 291 Å². The maximum atomic E-state index is 12.9.